The van der Waals surface area contributed by atoms with E-state index in [9.17, 15) is 0 Å². The van der Waals surface area contributed by atoms with Crippen LogP contribution in [-0.2, 0) is 6.54 Å². The second kappa shape index (κ2) is 5.57. The van der Waals surface area contributed by atoms with Crippen LogP contribution in [0, 0.1) is 6.92 Å². The Kier molecular flexibility index (Phi) is 3.27. The van der Waals surface area contributed by atoms with Gasteiger partial charge in [-0.1, -0.05) is 12.1 Å². The monoisotopic (exact) mass is 304 g/mol. The molecule has 3 heterocycles. The van der Waals surface area contributed by atoms with Crippen molar-refractivity contribution in [2.45, 2.75) is 13.5 Å². The fourth-order valence-corrected chi connectivity index (χ4v) is 2.64. The highest BCUT2D eigenvalue weighted by Crippen LogP contribution is 2.25. The smallest absolute Gasteiger partial charge is 0.141 e. The van der Waals surface area contributed by atoms with E-state index >= 15 is 0 Å². The molecular formula is C17H16N6. The number of rotatable bonds is 4. The largest absolute Gasteiger partial charge is 0.340 e. The first-order chi connectivity index (χ1) is 11.3. The molecule has 0 bridgehead atoms. The molecule has 6 nitrogen and oxygen atoms in total. The standard InChI is InChI=1S/C17H16N6/c1-12-16-15(22-21-12)6-7-19-17(16)20-14-4-2-13(3-5-14)10-23-9-8-18-11-23/h2-9,11H,10H2,1H3,(H,19,20)(H,21,22). The molecule has 6 heteroatoms. The van der Waals surface area contributed by atoms with Crippen molar-refractivity contribution in [3.63, 3.8) is 0 Å². The van der Waals surface area contributed by atoms with Gasteiger partial charge in [0.15, 0.2) is 0 Å². The van der Waals surface area contributed by atoms with Crippen LogP contribution >= 0.6 is 0 Å². The Hall–Kier alpha value is -3.15. The molecule has 3 aromatic heterocycles. The van der Waals surface area contributed by atoms with Gasteiger partial charge < -0.3 is 9.88 Å². The topological polar surface area (TPSA) is 71.4 Å². The second-order valence-electron chi connectivity index (χ2n) is 5.45. The molecule has 0 saturated carbocycles. The molecule has 0 aliphatic heterocycles. The fourth-order valence-electron chi connectivity index (χ4n) is 2.64. The minimum atomic E-state index is 0.814. The number of H-pyrrole nitrogens is 1. The molecule has 4 rings (SSSR count). The van der Waals surface area contributed by atoms with E-state index in [-0.39, 0.29) is 0 Å². The number of aryl methyl sites for hydroxylation is 1. The van der Waals surface area contributed by atoms with Gasteiger partial charge in [-0.05, 0) is 30.7 Å². The molecule has 23 heavy (non-hydrogen) atoms. The number of aromatic nitrogens is 5. The molecule has 1 aromatic carbocycles. The number of pyridine rings is 1. The van der Waals surface area contributed by atoms with Gasteiger partial charge in [0, 0.05) is 30.8 Å². The van der Waals surface area contributed by atoms with Gasteiger partial charge in [-0.2, -0.15) is 5.10 Å². The first kappa shape index (κ1) is 13.5. The Morgan fingerprint density at radius 1 is 1.13 bits per heavy atom. The van der Waals surface area contributed by atoms with Crippen molar-refractivity contribution in [1.29, 1.82) is 0 Å². The van der Waals surface area contributed by atoms with Crippen LogP contribution in [-0.4, -0.2) is 24.7 Å². The van der Waals surface area contributed by atoms with Crippen LogP contribution < -0.4 is 5.32 Å². The number of anilines is 2. The van der Waals surface area contributed by atoms with Gasteiger partial charge in [0.1, 0.15) is 5.82 Å². The molecule has 0 atom stereocenters. The second-order valence-corrected chi connectivity index (χ2v) is 5.45. The van der Waals surface area contributed by atoms with E-state index in [0.29, 0.717) is 0 Å². The van der Waals surface area contributed by atoms with Crippen LogP contribution in [0.25, 0.3) is 10.9 Å². The van der Waals surface area contributed by atoms with Gasteiger partial charge in [-0.25, -0.2) is 9.97 Å². The molecule has 0 radical (unpaired) electrons. The number of aromatic amines is 1. The number of fused-ring (bicyclic) bond motifs is 1. The third-order valence-corrected chi connectivity index (χ3v) is 3.80. The van der Waals surface area contributed by atoms with Crippen molar-refractivity contribution in [2.75, 3.05) is 5.32 Å². The zero-order valence-electron chi connectivity index (χ0n) is 12.7. The average molecular weight is 304 g/mol. The molecule has 2 N–H and O–H groups in total. The third kappa shape index (κ3) is 2.66. The predicted octanol–water partition coefficient (Wildman–Crippen LogP) is 3.25. The molecule has 0 saturated heterocycles. The highest BCUT2D eigenvalue weighted by molar-refractivity contribution is 5.92. The third-order valence-electron chi connectivity index (χ3n) is 3.80. The fraction of sp³-hybridized carbons (Fsp3) is 0.118. The zero-order valence-corrected chi connectivity index (χ0v) is 12.7. The normalized spacial score (nSPS) is 11.0. The summed E-state index contributed by atoms with van der Waals surface area (Å²) < 4.78 is 2.04. The Morgan fingerprint density at radius 3 is 2.78 bits per heavy atom. The SMILES string of the molecule is Cc1n[nH]c2ccnc(Nc3ccc(Cn4ccnc4)cc3)c12. The van der Waals surface area contributed by atoms with Crippen LogP contribution in [0.5, 0.6) is 0 Å². The van der Waals surface area contributed by atoms with Crippen molar-refractivity contribution in [3.8, 4) is 0 Å². The van der Waals surface area contributed by atoms with E-state index < -0.39 is 0 Å². The summed E-state index contributed by atoms with van der Waals surface area (Å²) in [6, 6.07) is 10.2. The van der Waals surface area contributed by atoms with Crippen LogP contribution in [0.1, 0.15) is 11.3 Å². The van der Waals surface area contributed by atoms with Gasteiger partial charge in [0.25, 0.3) is 0 Å². The summed E-state index contributed by atoms with van der Waals surface area (Å²) >= 11 is 0. The number of nitrogens with one attached hydrogen (secondary N) is 2. The lowest BCUT2D eigenvalue weighted by Crippen LogP contribution is -1.98. The van der Waals surface area contributed by atoms with Gasteiger partial charge in [0.05, 0.1) is 22.9 Å². The van der Waals surface area contributed by atoms with Crippen LogP contribution in [0.3, 0.4) is 0 Å². The van der Waals surface area contributed by atoms with Gasteiger partial charge in [-0.3, -0.25) is 5.10 Å². The van der Waals surface area contributed by atoms with E-state index in [1.807, 2.05) is 30.1 Å². The molecule has 4 aromatic rings. The molecule has 114 valence electrons. The summed E-state index contributed by atoms with van der Waals surface area (Å²) in [5, 5.41) is 11.6. The lowest BCUT2D eigenvalue weighted by Gasteiger charge is -2.08. The van der Waals surface area contributed by atoms with Gasteiger partial charge in [-0.15, -0.1) is 0 Å². The molecule has 0 aliphatic carbocycles. The summed E-state index contributed by atoms with van der Waals surface area (Å²) in [7, 11) is 0. The number of imidazole rings is 1. The quantitative estimate of drug-likeness (QED) is 0.607. The Morgan fingerprint density at radius 2 is 2.00 bits per heavy atom. The maximum Gasteiger partial charge on any atom is 0.141 e. The molecular weight excluding hydrogens is 288 g/mol. The lowest BCUT2D eigenvalue weighted by molar-refractivity contribution is 0.797. The van der Waals surface area contributed by atoms with E-state index in [2.05, 4.69) is 49.7 Å². The van der Waals surface area contributed by atoms with E-state index in [1.54, 1.807) is 12.4 Å². The number of hydrogen-bond acceptors (Lipinski definition) is 4. The maximum atomic E-state index is 4.43. The Balaban J connectivity index is 1.57. The van der Waals surface area contributed by atoms with Crippen LogP contribution in [0.4, 0.5) is 11.5 Å². The van der Waals surface area contributed by atoms with Gasteiger partial charge >= 0.3 is 0 Å². The van der Waals surface area contributed by atoms with Crippen molar-refractivity contribution >= 4 is 22.4 Å². The highest BCUT2D eigenvalue weighted by atomic mass is 15.1. The molecule has 0 unspecified atom stereocenters. The maximum absolute atomic E-state index is 4.43. The van der Waals surface area contributed by atoms with Crippen LogP contribution in [0.2, 0.25) is 0 Å². The summed E-state index contributed by atoms with van der Waals surface area (Å²) in [6.45, 7) is 2.79. The minimum absolute atomic E-state index is 0.814. The number of hydrogen-bond donors (Lipinski definition) is 2. The summed E-state index contributed by atoms with van der Waals surface area (Å²) in [5.41, 5.74) is 4.14. The van der Waals surface area contributed by atoms with Crippen molar-refractivity contribution in [1.82, 2.24) is 24.7 Å². The number of benzene rings is 1. The summed E-state index contributed by atoms with van der Waals surface area (Å²) in [4.78, 5) is 8.49. The Bertz CT molecular complexity index is 922. The molecule has 0 aliphatic rings. The van der Waals surface area contributed by atoms with E-state index in [0.717, 1.165) is 34.6 Å². The summed E-state index contributed by atoms with van der Waals surface area (Å²) in [6.07, 6.45) is 7.34. The van der Waals surface area contributed by atoms with E-state index in [4.69, 9.17) is 0 Å². The summed E-state index contributed by atoms with van der Waals surface area (Å²) in [5.74, 6) is 0.816. The molecule has 0 spiro atoms. The first-order valence-corrected chi connectivity index (χ1v) is 7.41. The van der Waals surface area contributed by atoms with Crippen molar-refractivity contribution < 1.29 is 0 Å². The van der Waals surface area contributed by atoms with Gasteiger partial charge in [0.2, 0.25) is 0 Å². The predicted molar refractivity (Wildman–Crippen MR) is 89.7 cm³/mol. The minimum Gasteiger partial charge on any atom is -0.340 e. The van der Waals surface area contributed by atoms with E-state index in [1.165, 1.54) is 5.56 Å². The van der Waals surface area contributed by atoms with Crippen molar-refractivity contribution in [3.05, 3.63) is 66.5 Å². The van der Waals surface area contributed by atoms with Crippen LogP contribution in [0.15, 0.2) is 55.2 Å². The van der Waals surface area contributed by atoms with Crippen molar-refractivity contribution in [2.24, 2.45) is 0 Å². The average Bonchev–Trinajstić information content (AvgIpc) is 3.20. The lowest BCUT2D eigenvalue weighted by atomic mass is 10.2. The zero-order chi connectivity index (χ0) is 15.6. The first-order valence-electron chi connectivity index (χ1n) is 7.41. The Labute approximate surface area is 133 Å². The number of nitrogens with zero attached hydrogens (tertiary/aromatic N) is 4. The molecule has 0 fully saturated rings. The highest BCUT2D eigenvalue weighted by Gasteiger charge is 2.08. The molecule has 0 amide bonds.